The van der Waals surface area contributed by atoms with Gasteiger partial charge in [0.2, 0.25) is 5.60 Å². The van der Waals surface area contributed by atoms with Crippen LogP contribution in [0.15, 0.2) is 0 Å². The first-order chi connectivity index (χ1) is 13.7. The number of aromatic nitrogens is 2. The molecule has 2 amide bonds. The Labute approximate surface area is 170 Å². The van der Waals surface area contributed by atoms with Crippen LogP contribution in [0.4, 0.5) is 23.8 Å². The summed E-state index contributed by atoms with van der Waals surface area (Å²) >= 11 is 0. The largest absolute Gasteiger partial charge is 0.444 e. The van der Waals surface area contributed by atoms with Crippen molar-refractivity contribution in [3.05, 3.63) is 11.3 Å². The fraction of sp³-hybridized carbons (Fsp3) is 0.722. The second kappa shape index (κ2) is 7.12. The van der Waals surface area contributed by atoms with E-state index in [-0.39, 0.29) is 37.4 Å². The van der Waals surface area contributed by atoms with Crippen molar-refractivity contribution in [2.75, 3.05) is 25.0 Å². The average molecular weight is 434 g/mol. The van der Waals surface area contributed by atoms with Gasteiger partial charge in [0.25, 0.3) is 5.91 Å². The number of amides is 2. The van der Waals surface area contributed by atoms with Crippen LogP contribution in [0, 0.1) is 0 Å². The van der Waals surface area contributed by atoms with Gasteiger partial charge in [-0.05, 0) is 33.6 Å². The fourth-order valence-corrected chi connectivity index (χ4v) is 3.83. The second-order valence-electron chi connectivity index (χ2n) is 8.64. The van der Waals surface area contributed by atoms with E-state index in [4.69, 9.17) is 4.74 Å². The summed E-state index contributed by atoms with van der Waals surface area (Å²) in [6.07, 6.45) is -7.99. The van der Waals surface area contributed by atoms with E-state index in [1.165, 1.54) is 11.9 Å². The van der Waals surface area contributed by atoms with Gasteiger partial charge in [-0.2, -0.15) is 18.3 Å². The number of ether oxygens (including phenoxy) is 1. The van der Waals surface area contributed by atoms with Gasteiger partial charge in [0.1, 0.15) is 11.4 Å². The van der Waals surface area contributed by atoms with Gasteiger partial charge in [0.15, 0.2) is 6.10 Å². The summed E-state index contributed by atoms with van der Waals surface area (Å²) in [6.45, 7) is 5.64. The van der Waals surface area contributed by atoms with E-state index in [1.54, 1.807) is 20.8 Å². The predicted octanol–water partition coefficient (Wildman–Crippen LogP) is 1.61. The summed E-state index contributed by atoms with van der Waals surface area (Å²) in [5, 5.41) is 26.9. The summed E-state index contributed by atoms with van der Waals surface area (Å²) in [4.78, 5) is 26.6. The Morgan fingerprint density at radius 2 is 1.83 bits per heavy atom. The minimum Gasteiger partial charge on any atom is -0.444 e. The molecule has 1 aromatic heterocycles. The highest BCUT2D eigenvalue weighted by molar-refractivity contribution is 5.99. The number of likely N-dealkylation sites (tertiary alicyclic amines) is 1. The van der Waals surface area contributed by atoms with Crippen molar-refractivity contribution in [3.8, 4) is 0 Å². The van der Waals surface area contributed by atoms with Crippen LogP contribution in [-0.4, -0.2) is 75.3 Å². The molecule has 0 aromatic carbocycles. The fourth-order valence-electron chi connectivity index (χ4n) is 3.83. The molecule has 0 spiro atoms. The van der Waals surface area contributed by atoms with E-state index < -0.39 is 47.0 Å². The number of carbonyl (C=O) groups excluding carboxylic acids is 2. The summed E-state index contributed by atoms with van der Waals surface area (Å²) in [7, 11) is 1.19. The molecule has 1 fully saturated rings. The standard InChI is InChI=1S/C18H25F3N4O5/c1-16(2,3)30-15(28)25-7-5-9(6-8-25)11-10-13(23-22-11)24(4)14(27)12(26)17(10,29)18(19,20)21/h9,12,26,29H,5-8H2,1-4H3,(H,22,23). The molecule has 1 saturated heterocycles. The summed E-state index contributed by atoms with van der Waals surface area (Å²) < 4.78 is 46.8. The number of piperidine rings is 1. The van der Waals surface area contributed by atoms with Crippen molar-refractivity contribution in [2.45, 2.75) is 63.0 Å². The number of likely N-dealkylation sites (N-methyl/N-ethyl adjacent to an activating group) is 1. The zero-order valence-corrected chi connectivity index (χ0v) is 17.1. The lowest BCUT2D eigenvalue weighted by atomic mass is 9.79. The van der Waals surface area contributed by atoms with E-state index in [0.29, 0.717) is 0 Å². The first-order valence-electron chi connectivity index (χ1n) is 9.50. The van der Waals surface area contributed by atoms with Gasteiger partial charge in [0, 0.05) is 26.1 Å². The van der Waals surface area contributed by atoms with Crippen molar-refractivity contribution >= 4 is 17.8 Å². The number of aromatic amines is 1. The maximum atomic E-state index is 13.8. The van der Waals surface area contributed by atoms with E-state index in [2.05, 4.69) is 10.2 Å². The maximum absolute atomic E-state index is 13.8. The number of aliphatic hydroxyl groups is 2. The third-order valence-electron chi connectivity index (χ3n) is 5.42. The Balaban J connectivity index is 1.90. The third-order valence-corrected chi connectivity index (χ3v) is 5.42. The van der Waals surface area contributed by atoms with Gasteiger partial charge in [-0.3, -0.25) is 14.8 Å². The normalized spacial score (nSPS) is 26.0. The number of fused-ring (bicyclic) bond motifs is 1. The first kappa shape index (κ1) is 22.3. The number of nitrogens with zero attached hydrogens (tertiary/aromatic N) is 3. The van der Waals surface area contributed by atoms with Crippen LogP contribution in [0.2, 0.25) is 0 Å². The van der Waals surface area contributed by atoms with Crippen LogP contribution >= 0.6 is 0 Å². The Morgan fingerprint density at radius 1 is 1.27 bits per heavy atom. The quantitative estimate of drug-likeness (QED) is 0.618. The molecule has 1 aromatic rings. The van der Waals surface area contributed by atoms with Gasteiger partial charge in [-0.25, -0.2) is 4.79 Å². The lowest BCUT2D eigenvalue weighted by Gasteiger charge is -2.41. The number of hydrogen-bond donors (Lipinski definition) is 3. The molecule has 3 rings (SSSR count). The van der Waals surface area contributed by atoms with Gasteiger partial charge in [-0.1, -0.05) is 0 Å². The molecule has 0 aliphatic carbocycles. The number of nitrogens with one attached hydrogen (secondary N) is 1. The molecule has 2 aliphatic heterocycles. The molecule has 0 radical (unpaired) electrons. The molecule has 3 N–H and O–H groups in total. The molecule has 0 saturated carbocycles. The number of carbonyl (C=O) groups is 2. The van der Waals surface area contributed by atoms with Crippen LogP contribution in [0.25, 0.3) is 0 Å². The van der Waals surface area contributed by atoms with Crippen molar-refractivity contribution in [3.63, 3.8) is 0 Å². The predicted molar refractivity (Wildman–Crippen MR) is 97.7 cm³/mol. The van der Waals surface area contributed by atoms with Crippen molar-refractivity contribution in [1.82, 2.24) is 15.1 Å². The zero-order chi connectivity index (χ0) is 22.6. The van der Waals surface area contributed by atoms with Gasteiger partial charge in [0.05, 0.1) is 11.3 Å². The van der Waals surface area contributed by atoms with Crippen LogP contribution in [0.5, 0.6) is 0 Å². The highest BCUT2D eigenvalue weighted by atomic mass is 19.4. The topological polar surface area (TPSA) is 119 Å². The maximum Gasteiger partial charge on any atom is 0.424 e. The smallest absolute Gasteiger partial charge is 0.424 e. The minimum atomic E-state index is -5.31. The second-order valence-corrected chi connectivity index (χ2v) is 8.64. The number of anilines is 1. The lowest BCUT2D eigenvalue weighted by molar-refractivity contribution is -0.294. The van der Waals surface area contributed by atoms with Crippen molar-refractivity contribution in [2.24, 2.45) is 0 Å². The van der Waals surface area contributed by atoms with Gasteiger partial charge < -0.3 is 19.8 Å². The number of H-pyrrole nitrogens is 1. The molecular formula is C18H25F3N4O5. The molecule has 0 bridgehead atoms. The minimum absolute atomic E-state index is 0.0768. The first-order valence-corrected chi connectivity index (χ1v) is 9.50. The third kappa shape index (κ3) is 3.51. The summed E-state index contributed by atoms with van der Waals surface area (Å²) in [5.41, 5.74) is -5.19. The Morgan fingerprint density at radius 3 is 2.33 bits per heavy atom. The SMILES string of the molecule is CN1C(=O)C(O)C(O)(C(F)(F)F)c2c(C3CCN(C(=O)OC(C)(C)C)CC3)n[nH]c21. The van der Waals surface area contributed by atoms with E-state index in [1.807, 2.05) is 0 Å². The number of halogens is 3. The van der Waals surface area contributed by atoms with Crippen LogP contribution in [0.3, 0.4) is 0 Å². The molecule has 9 nitrogen and oxygen atoms in total. The lowest BCUT2D eigenvalue weighted by Crippen LogP contribution is -2.61. The van der Waals surface area contributed by atoms with Crippen LogP contribution in [-0.2, 0) is 15.1 Å². The van der Waals surface area contributed by atoms with E-state index in [0.717, 1.165) is 4.90 Å². The summed E-state index contributed by atoms with van der Waals surface area (Å²) in [5.74, 6) is -2.13. The van der Waals surface area contributed by atoms with E-state index >= 15 is 0 Å². The average Bonchev–Trinajstić information content (AvgIpc) is 3.08. The molecule has 3 heterocycles. The van der Waals surface area contributed by atoms with Gasteiger partial charge in [-0.15, -0.1) is 0 Å². The Kier molecular flexibility index (Phi) is 5.30. The van der Waals surface area contributed by atoms with Gasteiger partial charge >= 0.3 is 12.3 Å². The molecule has 168 valence electrons. The molecule has 12 heteroatoms. The summed E-state index contributed by atoms with van der Waals surface area (Å²) in [6, 6.07) is 0. The number of hydrogen-bond acceptors (Lipinski definition) is 6. The number of rotatable bonds is 1. The van der Waals surface area contributed by atoms with Crippen LogP contribution in [0.1, 0.15) is 50.8 Å². The molecule has 2 atom stereocenters. The van der Waals surface area contributed by atoms with Crippen molar-refractivity contribution in [1.29, 1.82) is 0 Å². The molecule has 30 heavy (non-hydrogen) atoms. The van der Waals surface area contributed by atoms with Crippen LogP contribution < -0.4 is 4.90 Å². The number of alkyl halides is 3. The molecular weight excluding hydrogens is 409 g/mol. The Bertz CT molecular complexity index is 842. The highest BCUT2D eigenvalue weighted by Gasteiger charge is 2.67. The zero-order valence-electron chi connectivity index (χ0n) is 17.1. The monoisotopic (exact) mass is 434 g/mol. The highest BCUT2D eigenvalue weighted by Crippen LogP contribution is 2.51. The van der Waals surface area contributed by atoms with E-state index in [9.17, 15) is 33.0 Å². The Hall–Kier alpha value is -2.34. The number of aliphatic hydroxyl groups excluding tert-OH is 1. The molecule has 2 unspecified atom stereocenters. The van der Waals surface area contributed by atoms with Crippen molar-refractivity contribution < 1.29 is 37.7 Å². The molecule has 2 aliphatic rings.